The van der Waals surface area contributed by atoms with Gasteiger partial charge in [0.25, 0.3) is 5.91 Å². The van der Waals surface area contributed by atoms with Gasteiger partial charge in [0.1, 0.15) is 11.6 Å². The van der Waals surface area contributed by atoms with Crippen molar-refractivity contribution in [2.75, 3.05) is 54.4 Å². The lowest BCUT2D eigenvalue weighted by atomic mass is 9.84. The molecular weight excluding hydrogens is 939 g/mol. The van der Waals surface area contributed by atoms with E-state index in [1.807, 2.05) is 96.3 Å². The molecule has 1 atom stereocenters. The summed E-state index contributed by atoms with van der Waals surface area (Å²) in [6, 6.07) is 27.5. The summed E-state index contributed by atoms with van der Waals surface area (Å²) in [6.07, 6.45) is 8.23. The summed E-state index contributed by atoms with van der Waals surface area (Å²) in [4.78, 5) is 67.5. The lowest BCUT2D eigenvalue weighted by molar-refractivity contribution is -0.134. The third-order valence-electron chi connectivity index (χ3n) is 15.7. The first-order valence-electron chi connectivity index (χ1n) is 25.8. The molecule has 376 valence electrons. The monoisotopic (exact) mass is 999 g/mol. The van der Waals surface area contributed by atoms with Crippen LogP contribution in [0.5, 0.6) is 5.75 Å². The van der Waals surface area contributed by atoms with Crippen molar-refractivity contribution in [1.29, 1.82) is 0 Å². The van der Waals surface area contributed by atoms with Crippen molar-refractivity contribution in [3.05, 3.63) is 124 Å². The van der Waals surface area contributed by atoms with Gasteiger partial charge >= 0.3 is 5.97 Å². The van der Waals surface area contributed by atoms with Gasteiger partial charge in [-0.1, -0.05) is 47.7 Å². The largest absolute Gasteiger partial charge is 0.490 e. The van der Waals surface area contributed by atoms with Crippen molar-refractivity contribution >= 4 is 72.8 Å². The second-order valence-electron chi connectivity index (χ2n) is 20.2. The summed E-state index contributed by atoms with van der Waals surface area (Å²) in [7, 11) is 1.94. The van der Waals surface area contributed by atoms with Crippen LogP contribution in [-0.4, -0.2) is 98.8 Å². The first-order chi connectivity index (χ1) is 35.4. The predicted octanol–water partition coefficient (Wildman–Crippen LogP) is 9.44. The number of carboxylic acids is 1. The summed E-state index contributed by atoms with van der Waals surface area (Å²) in [5.74, 6) is -0.215. The van der Waals surface area contributed by atoms with Crippen LogP contribution in [-0.2, 0) is 29.6 Å². The number of hydrogen-bond acceptors (Lipinski definition) is 12. The van der Waals surface area contributed by atoms with E-state index in [9.17, 15) is 24.3 Å². The van der Waals surface area contributed by atoms with Gasteiger partial charge in [-0.25, -0.2) is 14.8 Å². The number of carboxylic acid groups (broad SMARTS) is 1. The number of pyridine rings is 1. The van der Waals surface area contributed by atoms with E-state index in [0.29, 0.717) is 60.3 Å². The molecule has 11 rings (SSSR count). The van der Waals surface area contributed by atoms with Gasteiger partial charge in [-0.3, -0.25) is 34.6 Å². The molecule has 73 heavy (non-hydrogen) atoms. The van der Waals surface area contributed by atoms with Crippen molar-refractivity contribution in [2.45, 2.75) is 90.2 Å². The average Bonchev–Trinajstić information content (AvgIpc) is 3.97. The highest BCUT2D eigenvalue weighted by Crippen LogP contribution is 2.39. The highest BCUT2D eigenvalue weighted by Gasteiger charge is 2.33. The number of carbonyl (C=O) groups is 4. The second kappa shape index (κ2) is 20.4. The molecule has 1 aliphatic carbocycles. The lowest BCUT2D eigenvalue weighted by Crippen LogP contribution is -2.46. The SMILES string of the molecule is Cc1c(O[C@H]2CC[C@H](CCCN3CCN(c4ccc5c(C6CCC(=O)NC6=O)nn(C)c5c4C)CC3)CC2)cccc1-c1ccc(N2CCc3cccc(C(=O)Nc4nc5ccccc5s4)c3C2)nc1C(=O)O. The van der Waals surface area contributed by atoms with Crippen LogP contribution >= 0.6 is 11.3 Å². The number of piperazine rings is 1. The molecule has 1 saturated carbocycles. The Hall–Kier alpha value is -7.17. The molecule has 7 aromatic rings. The molecule has 0 bridgehead atoms. The van der Waals surface area contributed by atoms with Crippen LogP contribution in [0.4, 0.5) is 16.6 Å². The molecule has 3 N–H and O–H groups in total. The van der Waals surface area contributed by atoms with Crippen LogP contribution in [0.15, 0.2) is 84.9 Å². The Morgan fingerprint density at radius 1 is 0.822 bits per heavy atom. The smallest absolute Gasteiger partial charge is 0.355 e. The number of fused-ring (bicyclic) bond motifs is 3. The number of anilines is 3. The first-order valence-corrected chi connectivity index (χ1v) is 26.6. The molecule has 0 radical (unpaired) electrons. The van der Waals surface area contributed by atoms with Crippen LogP contribution < -0.4 is 25.2 Å². The Morgan fingerprint density at radius 2 is 1.63 bits per heavy atom. The number of rotatable bonds is 13. The van der Waals surface area contributed by atoms with Crippen molar-refractivity contribution in [3.8, 4) is 16.9 Å². The first kappa shape index (κ1) is 48.1. The van der Waals surface area contributed by atoms with E-state index in [2.05, 4.69) is 44.5 Å². The van der Waals surface area contributed by atoms with Crippen molar-refractivity contribution < 1.29 is 29.0 Å². The van der Waals surface area contributed by atoms with Crippen LogP contribution in [0.2, 0.25) is 0 Å². The highest BCUT2D eigenvalue weighted by molar-refractivity contribution is 7.22. The number of thiazole rings is 1. The quantitative estimate of drug-likeness (QED) is 0.0936. The number of nitrogens with one attached hydrogen (secondary N) is 2. The molecule has 3 amide bonds. The summed E-state index contributed by atoms with van der Waals surface area (Å²) >= 11 is 1.44. The number of piperidine rings is 1. The van der Waals surface area contributed by atoms with Gasteiger partial charge < -0.3 is 19.6 Å². The zero-order chi connectivity index (χ0) is 50.3. The fourth-order valence-electron chi connectivity index (χ4n) is 11.8. The van der Waals surface area contributed by atoms with E-state index in [1.165, 1.54) is 35.4 Å². The number of aromatic carboxylic acids is 1. The van der Waals surface area contributed by atoms with E-state index < -0.39 is 11.9 Å². The minimum Gasteiger partial charge on any atom is -0.490 e. The maximum atomic E-state index is 13.7. The Morgan fingerprint density at radius 3 is 2.42 bits per heavy atom. The van der Waals surface area contributed by atoms with Gasteiger partial charge in [0.2, 0.25) is 11.8 Å². The van der Waals surface area contributed by atoms with Gasteiger partial charge in [-0.15, -0.1) is 0 Å². The summed E-state index contributed by atoms with van der Waals surface area (Å²) < 4.78 is 9.59. The number of ether oxygens (including phenoxy) is 1. The number of imide groups is 1. The number of aromatic nitrogens is 4. The third kappa shape index (κ3) is 9.77. The summed E-state index contributed by atoms with van der Waals surface area (Å²) in [5, 5.41) is 22.4. The van der Waals surface area contributed by atoms with Crippen LogP contribution in [0, 0.1) is 19.8 Å². The van der Waals surface area contributed by atoms with Gasteiger partial charge in [0.15, 0.2) is 10.8 Å². The molecule has 4 aromatic carbocycles. The van der Waals surface area contributed by atoms with E-state index in [-0.39, 0.29) is 29.5 Å². The molecule has 1 unspecified atom stereocenters. The van der Waals surface area contributed by atoms with Crippen LogP contribution in [0.3, 0.4) is 0 Å². The average molecular weight is 1000 g/mol. The molecule has 3 aromatic heterocycles. The molecule has 3 fully saturated rings. The van der Waals surface area contributed by atoms with Gasteiger partial charge in [-0.05, 0) is 154 Å². The molecule has 3 aliphatic heterocycles. The number of carbonyl (C=O) groups excluding carboxylic acids is 3. The predicted molar refractivity (Wildman–Crippen MR) is 285 cm³/mol. The zero-order valence-corrected chi connectivity index (χ0v) is 42.5. The molecule has 15 nitrogen and oxygen atoms in total. The summed E-state index contributed by atoms with van der Waals surface area (Å²) in [6.45, 7) is 10.2. The number of hydrogen-bond donors (Lipinski definition) is 3. The number of aryl methyl sites for hydroxylation is 2. The van der Waals surface area contributed by atoms with E-state index in [4.69, 9.17) is 14.8 Å². The van der Waals surface area contributed by atoms with Gasteiger partial charge in [0.05, 0.1) is 33.4 Å². The molecule has 16 heteroatoms. The Labute approximate surface area is 428 Å². The number of nitrogens with zero attached hydrogens (tertiary/aromatic N) is 7. The fraction of sp³-hybridized carbons (Fsp3) is 0.386. The standard InChI is InChI=1S/C57H61N9O6S/c1-34-39(40-21-24-49(59-52(40)56(70)71)66-28-26-37-10-6-12-41(44(37)33-66)54(68)61-57-58-45-13-4-5-15-48(45)73-57)11-7-14-47(34)72-38-18-16-36(17-19-38)9-8-27-64-29-31-65(32-30-64)46-23-20-42-51(62-63(3)53(42)35(46)2)43-22-25-50(67)60-55(43)69/h4-7,10-15,20-21,23-24,36,38,43H,8-9,16-19,22,25-33H2,1-3H3,(H,70,71)(H,58,61,68)(H,60,67,69)/t36-,38-,43?. The normalized spacial score (nSPS) is 19.5. The molecule has 6 heterocycles. The Balaban J connectivity index is 0.667. The van der Waals surface area contributed by atoms with E-state index in [0.717, 1.165) is 113 Å². The van der Waals surface area contributed by atoms with Crippen LogP contribution in [0.1, 0.15) is 106 Å². The van der Waals surface area contributed by atoms with Crippen LogP contribution in [0.25, 0.3) is 32.2 Å². The van der Waals surface area contributed by atoms with Gasteiger partial charge in [0, 0.05) is 74.9 Å². The minimum atomic E-state index is -1.10. The third-order valence-corrected chi connectivity index (χ3v) is 16.7. The summed E-state index contributed by atoms with van der Waals surface area (Å²) in [5.41, 5.74) is 9.76. The van der Waals surface area contributed by atoms with Gasteiger partial charge in [-0.2, -0.15) is 5.10 Å². The fourth-order valence-corrected chi connectivity index (χ4v) is 12.6. The second-order valence-corrected chi connectivity index (χ2v) is 21.2. The molecular formula is C57H61N9O6S. The molecule has 0 spiro atoms. The van der Waals surface area contributed by atoms with Crippen molar-refractivity contribution in [3.63, 3.8) is 0 Å². The highest BCUT2D eigenvalue weighted by atomic mass is 32.1. The maximum Gasteiger partial charge on any atom is 0.355 e. The van der Waals surface area contributed by atoms with Crippen molar-refractivity contribution in [1.82, 2.24) is 30.0 Å². The zero-order valence-electron chi connectivity index (χ0n) is 41.7. The molecule has 4 aliphatic rings. The van der Waals surface area contributed by atoms with Crippen molar-refractivity contribution in [2.24, 2.45) is 13.0 Å². The van der Waals surface area contributed by atoms with E-state index >= 15 is 0 Å². The Bertz CT molecular complexity index is 3240. The number of para-hydroxylation sites is 1. The Kier molecular flexibility index (Phi) is 13.4. The maximum absolute atomic E-state index is 13.7. The molecule has 2 saturated heterocycles. The topological polar surface area (TPSA) is 175 Å². The minimum absolute atomic E-state index is 0.0194. The lowest BCUT2D eigenvalue weighted by Gasteiger charge is -2.37. The van der Waals surface area contributed by atoms with E-state index in [1.54, 1.807) is 0 Å². The number of benzene rings is 4. The number of amides is 3.